The van der Waals surface area contributed by atoms with Gasteiger partial charge in [0, 0.05) is 19.3 Å². The van der Waals surface area contributed by atoms with Crippen molar-refractivity contribution in [1.82, 2.24) is 20.2 Å². The molecule has 22 heavy (non-hydrogen) atoms. The molecule has 3 rings (SSSR count). The molecule has 7 nitrogen and oxygen atoms in total. The van der Waals surface area contributed by atoms with Crippen LogP contribution in [-0.4, -0.2) is 33.3 Å². The van der Waals surface area contributed by atoms with Gasteiger partial charge >= 0.3 is 5.69 Å². The Kier molecular flexibility index (Phi) is 3.79. The van der Waals surface area contributed by atoms with Crippen molar-refractivity contribution in [1.29, 1.82) is 0 Å². The average molecular weight is 301 g/mol. The van der Waals surface area contributed by atoms with Gasteiger partial charge in [0.25, 0.3) is 5.56 Å². The van der Waals surface area contributed by atoms with Gasteiger partial charge < -0.3 is 9.88 Å². The lowest BCUT2D eigenvalue weighted by atomic mass is 10.1. The first-order chi connectivity index (χ1) is 10.6. The standard InChI is InChI=1S/C15H19N5O2/c1-3-10-4-5-20(8-10)13-6-12(19-18-9(13)2)11-7-16-15(22)17-14(11)21/h6-7,10H,3-5,8H2,1-2H3,(H2,16,17,21,22)/t10-/m0/s1. The quantitative estimate of drug-likeness (QED) is 0.884. The fraction of sp³-hybridized carbons (Fsp3) is 0.467. The van der Waals surface area contributed by atoms with Crippen molar-refractivity contribution in [2.45, 2.75) is 26.7 Å². The van der Waals surface area contributed by atoms with Crippen LogP contribution in [0.1, 0.15) is 25.5 Å². The first-order valence-electron chi connectivity index (χ1n) is 7.50. The highest BCUT2D eigenvalue weighted by Crippen LogP contribution is 2.28. The van der Waals surface area contributed by atoms with Gasteiger partial charge in [0.1, 0.15) is 5.69 Å². The van der Waals surface area contributed by atoms with E-state index in [0.717, 1.165) is 24.5 Å². The number of hydrogen-bond acceptors (Lipinski definition) is 5. The molecule has 2 aromatic heterocycles. The smallest absolute Gasteiger partial charge is 0.325 e. The van der Waals surface area contributed by atoms with Crippen molar-refractivity contribution in [2.75, 3.05) is 18.0 Å². The van der Waals surface area contributed by atoms with E-state index in [1.165, 1.54) is 19.0 Å². The van der Waals surface area contributed by atoms with Gasteiger partial charge in [-0.3, -0.25) is 9.78 Å². The molecule has 1 aliphatic heterocycles. The molecule has 0 unspecified atom stereocenters. The van der Waals surface area contributed by atoms with Crippen LogP contribution in [-0.2, 0) is 0 Å². The highest BCUT2D eigenvalue weighted by molar-refractivity contribution is 5.64. The van der Waals surface area contributed by atoms with E-state index < -0.39 is 11.2 Å². The lowest BCUT2D eigenvalue weighted by Gasteiger charge is -2.20. The van der Waals surface area contributed by atoms with Crippen LogP contribution in [0.2, 0.25) is 0 Å². The van der Waals surface area contributed by atoms with Crippen LogP contribution in [0.5, 0.6) is 0 Å². The summed E-state index contributed by atoms with van der Waals surface area (Å²) in [6.45, 7) is 6.12. The molecule has 7 heteroatoms. The number of nitrogens with one attached hydrogen (secondary N) is 2. The highest BCUT2D eigenvalue weighted by atomic mass is 16.2. The minimum atomic E-state index is -0.528. The maximum Gasteiger partial charge on any atom is 0.325 e. The Bertz CT molecular complexity index is 795. The molecule has 1 aliphatic rings. The molecule has 0 amide bonds. The van der Waals surface area contributed by atoms with E-state index in [1.54, 1.807) is 0 Å². The van der Waals surface area contributed by atoms with Crippen LogP contribution in [0.15, 0.2) is 21.9 Å². The van der Waals surface area contributed by atoms with Gasteiger partial charge in [-0.2, -0.15) is 5.10 Å². The minimum absolute atomic E-state index is 0.319. The van der Waals surface area contributed by atoms with E-state index in [9.17, 15) is 9.59 Å². The first-order valence-corrected chi connectivity index (χ1v) is 7.50. The molecule has 0 aromatic carbocycles. The Morgan fingerprint density at radius 3 is 2.86 bits per heavy atom. The van der Waals surface area contributed by atoms with E-state index in [2.05, 4.69) is 32.0 Å². The summed E-state index contributed by atoms with van der Waals surface area (Å²) in [5, 5.41) is 8.27. The molecule has 1 saturated heterocycles. The molecule has 1 fully saturated rings. The molecular weight excluding hydrogens is 282 g/mol. The summed E-state index contributed by atoms with van der Waals surface area (Å²) in [5.41, 5.74) is 1.66. The van der Waals surface area contributed by atoms with E-state index in [-0.39, 0.29) is 0 Å². The Labute approximate surface area is 127 Å². The zero-order valence-corrected chi connectivity index (χ0v) is 12.7. The fourth-order valence-electron chi connectivity index (χ4n) is 2.88. The van der Waals surface area contributed by atoms with Crippen molar-refractivity contribution in [2.24, 2.45) is 5.92 Å². The third kappa shape index (κ3) is 2.66. The number of nitrogens with zero attached hydrogens (tertiary/aromatic N) is 3. The summed E-state index contributed by atoms with van der Waals surface area (Å²) >= 11 is 0. The Morgan fingerprint density at radius 1 is 1.36 bits per heavy atom. The van der Waals surface area contributed by atoms with E-state index >= 15 is 0 Å². The monoisotopic (exact) mass is 301 g/mol. The summed E-state index contributed by atoms with van der Waals surface area (Å²) < 4.78 is 0. The largest absolute Gasteiger partial charge is 0.370 e. The van der Waals surface area contributed by atoms with Gasteiger partial charge in [0.15, 0.2) is 0 Å². The Morgan fingerprint density at radius 2 is 2.18 bits per heavy atom. The highest BCUT2D eigenvalue weighted by Gasteiger charge is 2.23. The lowest BCUT2D eigenvalue weighted by molar-refractivity contribution is 0.569. The minimum Gasteiger partial charge on any atom is -0.370 e. The van der Waals surface area contributed by atoms with Crippen molar-refractivity contribution in [3.05, 3.63) is 38.8 Å². The Balaban J connectivity index is 2.00. The molecule has 0 radical (unpaired) electrons. The van der Waals surface area contributed by atoms with Gasteiger partial charge in [-0.15, -0.1) is 5.10 Å². The molecule has 0 spiro atoms. The van der Waals surface area contributed by atoms with E-state index in [1.807, 2.05) is 13.0 Å². The maximum absolute atomic E-state index is 11.9. The van der Waals surface area contributed by atoms with Gasteiger partial charge in [-0.05, 0) is 25.3 Å². The van der Waals surface area contributed by atoms with Crippen molar-refractivity contribution < 1.29 is 0 Å². The second-order valence-electron chi connectivity index (χ2n) is 5.69. The molecule has 116 valence electrons. The van der Waals surface area contributed by atoms with Crippen LogP contribution in [0.3, 0.4) is 0 Å². The summed E-state index contributed by atoms with van der Waals surface area (Å²) in [7, 11) is 0. The van der Waals surface area contributed by atoms with Crippen molar-refractivity contribution >= 4 is 5.69 Å². The van der Waals surface area contributed by atoms with Gasteiger partial charge in [0.05, 0.1) is 16.9 Å². The molecule has 0 aliphatic carbocycles. The summed E-state index contributed by atoms with van der Waals surface area (Å²) in [6, 6.07) is 1.88. The van der Waals surface area contributed by atoms with Gasteiger partial charge in [0.2, 0.25) is 0 Å². The number of aromatic nitrogens is 4. The maximum atomic E-state index is 11.9. The van der Waals surface area contributed by atoms with Crippen LogP contribution in [0.4, 0.5) is 5.69 Å². The zero-order chi connectivity index (χ0) is 15.7. The SMILES string of the molecule is CC[C@H]1CCN(c2cc(-c3c[nH]c(=O)[nH]c3=O)nnc2C)C1. The number of aromatic amines is 2. The number of H-pyrrole nitrogens is 2. The summed E-state index contributed by atoms with van der Waals surface area (Å²) in [6.07, 6.45) is 3.72. The van der Waals surface area contributed by atoms with Crippen LogP contribution in [0.25, 0.3) is 11.3 Å². The molecule has 0 bridgehead atoms. The van der Waals surface area contributed by atoms with E-state index in [4.69, 9.17) is 0 Å². The predicted octanol–water partition coefficient (Wildman–Crippen LogP) is 1.06. The second-order valence-corrected chi connectivity index (χ2v) is 5.69. The molecule has 0 saturated carbocycles. The van der Waals surface area contributed by atoms with Crippen LogP contribution >= 0.6 is 0 Å². The van der Waals surface area contributed by atoms with Gasteiger partial charge in [-0.25, -0.2) is 4.79 Å². The third-order valence-corrected chi connectivity index (χ3v) is 4.25. The molecule has 1 atom stereocenters. The molecule has 3 heterocycles. The number of aryl methyl sites for hydroxylation is 1. The molecular formula is C15H19N5O2. The van der Waals surface area contributed by atoms with Crippen LogP contribution in [0, 0.1) is 12.8 Å². The average Bonchev–Trinajstić information content (AvgIpc) is 2.97. The second kappa shape index (κ2) is 5.75. The first kappa shape index (κ1) is 14.5. The Hall–Kier alpha value is -2.44. The number of hydrogen-bond donors (Lipinski definition) is 2. The molecule has 2 N–H and O–H groups in total. The van der Waals surface area contributed by atoms with Crippen molar-refractivity contribution in [3.8, 4) is 11.3 Å². The zero-order valence-electron chi connectivity index (χ0n) is 12.7. The number of anilines is 1. The van der Waals surface area contributed by atoms with Crippen LogP contribution < -0.4 is 16.1 Å². The van der Waals surface area contributed by atoms with E-state index in [0.29, 0.717) is 17.2 Å². The summed E-state index contributed by atoms with van der Waals surface area (Å²) in [4.78, 5) is 30.0. The third-order valence-electron chi connectivity index (χ3n) is 4.25. The fourth-order valence-corrected chi connectivity index (χ4v) is 2.88. The van der Waals surface area contributed by atoms with Crippen molar-refractivity contribution in [3.63, 3.8) is 0 Å². The lowest BCUT2D eigenvalue weighted by Crippen LogP contribution is -2.24. The summed E-state index contributed by atoms with van der Waals surface area (Å²) in [5.74, 6) is 0.701. The molecule has 2 aromatic rings. The topological polar surface area (TPSA) is 94.7 Å². The normalized spacial score (nSPS) is 17.9. The number of rotatable bonds is 3. The van der Waals surface area contributed by atoms with Gasteiger partial charge in [-0.1, -0.05) is 13.3 Å². The predicted molar refractivity (Wildman–Crippen MR) is 84.1 cm³/mol.